The van der Waals surface area contributed by atoms with Crippen LogP contribution in [-0.4, -0.2) is 41.6 Å². The molecule has 2 N–H and O–H groups in total. The maximum atomic E-state index is 13.2. The Morgan fingerprint density at radius 3 is 2.41 bits per heavy atom. The Bertz CT molecular complexity index is 1510. The van der Waals surface area contributed by atoms with Gasteiger partial charge in [0.15, 0.2) is 11.5 Å². The van der Waals surface area contributed by atoms with Gasteiger partial charge in [-0.25, -0.2) is 19.7 Å². The molecule has 0 aliphatic heterocycles. The summed E-state index contributed by atoms with van der Waals surface area (Å²) in [5, 5.41) is 13.1. The second-order valence-corrected chi connectivity index (χ2v) is 10.3. The molecule has 1 aliphatic carbocycles. The zero-order chi connectivity index (χ0) is 27.9. The van der Waals surface area contributed by atoms with Gasteiger partial charge in [-0.1, -0.05) is 32.4 Å². The number of halogens is 3. The molecule has 5 rings (SSSR count). The van der Waals surface area contributed by atoms with Crippen LogP contribution < -0.4 is 5.32 Å². The number of aromatic carboxylic acids is 1. The van der Waals surface area contributed by atoms with Crippen LogP contribution in [0.15, 0.2) is 42.6 Å². The molecule has 1 atom stereocenters. The fourth-order valence-electron chi connectivity index (χ4n) is 4.76. The average molecular weight is 539 g/mol. The monoisotopic (exact) mass is 538 g/mol. The molecule has 39 heavy (non-hydrogen) atoms. The van der Waals surface area contributed by atoms with Crippen molar-refractivity contribution in [3.8, 4) is 11.4 Å². The Morgan fingerprint density at radius 1 is 1.10 bits per heavy atom. The number of imidazole rings is 1. The van der Waals surface area contributed by atoms with E-state index in [1.165, 1.54) is 12.1 Å². The molecule has 0 saturated heterocycles. The second kappa shape index (κ2) is 10.3. The molecule has 1 aliphatic rings. The van der Waals surface area contributed by atoms with Gasteiger partial charge in [-0.3, -0.25) is 4.98 Å². The molecular formula is C28H29F3N6O2. The maximum Gasteiger partial charge on any atom is 0.416 e. The number of carboxylic acids is 1. The predicted molar refractivity (Wildman–Crippen MR) is 141 cm³/mol. The molecular weight excluding hydrogens is 509 g/mol. The molecule has 0 radical (unpaired) electrons. The fourth-order valence-corrected chi connectivity index (χ4v) is 4.76. The summed E-state index contributed by atoms with van der Waals surface area (Å²) in [6.45, 7) is 6.25. The largest absolute Gasteiger partial charge is 0.475 e. The molecule has 8 nitrogen and oxygen atoms in total. The van der Waals surface area contributed by atoms with Crippen LogP contribution in [0.2, 0.25) is 0 Å². The third kappa shape index (κ3) is 5.43. The first-order valence-electron chi connectivity index (χ1n) is 12.9. The first-order valence-corrected chi connectivity index (χ1v) is 12.9. The number of hydrogen-bond donors (Lipinski definition) is 2. The summed E-state index contributed by atoms with van der Waals surface area (Å²) < 4.78 is 41.4. The third-order valence-corrected chi connectivity index (χ3v) is 7.27. The van der Waals surface area contributed by atoms with Crippen LogP contribution >= 0.6 is 0 Å². The van der Waals surface area contributed by atoms with Gasteiger partial charge in [0.2, 0.25) is 5.82 Å². The Hall–Kier alpha value is -4.02. The number of alkyl halides is 3. The van der Waals surface area contributed by atoms with E-state index in [2.05, 4.69) is 20.3 Å². The number of nitrogens with one attached hydrogen (secondary N) is 1. The van der Waals surface area contributed by atoms with Gasteiger partial charge in [-0.05, 0) is 61.4 Å². The SMILES string of the molecule is CC(C)c1cc(-c2nc3nc(C(=O)O)nc(NC(C)C4CCC4)c3n2Cc2ccc(C(F)(F)F)cc2)ccn1. The zero-order valence-corrected chi connectivity index (χ0v) is 21.8. The van der Waals surface area contributed by atoms with Crippen molar-refractivity contribution in [1.82, 2.24) is 24.5 Å². The molecule has 1 fully saturated rings. The second-order valence-electron chi connectivity index (χ2n) is 10.3. The van der Waals surface area contributed by atoms with Crippen molar-refractivity contribution in [3.63, 3.8) is 0 Å². The van der Waals surface area contributed by atoms with Crippen LogP contribution in [0.3, 0.4) is 0 Å². The summed E-state index contributed by atoms with van der Waals surface area (Å²) in [7, 11) is 0. The van der Waals surface area contributed by atoms with Gasteiger partial charge in [0.05, 0.1) is 5.56 Å². The highest BCUT2D eigenvalue weighted by Gasteiger charge is 2.30. The van der Waals surface area contributed by atoms with Crippen molar-refractivity contribution >= 4 is 23.0 Å². The van der Waals surface area contributed by atoms with E-state index in [0.29, 0.717) is 28.6 Å². The molecule has 11 heteroatoms. The van der Waals surface area contributed by atoms with Crippen molar-refractivity contribution in [2.75, 3.05) is 5.32 Å². The van der Waals surface area contributed by atoms with Crippen LogP contribution in [-0.2, 0) is 12.7 Å². The highest BCUT2D eigenvalue weighted by molar-refractivity contribution is 5.92. The Kier molecular flexibility index (Phi) is 7.00. The summed E-state index contributed by atoms with van der Waals surface area (Å²) in [6, 6.07) is 8.70. The normalized spacial score (nSPS) is 14.9. The highest BCUT2D eigenvalue weighted by atomic mass is 19.4. The molecule has 0 amide bonds. The molecule has 1 saturated carbocycles. The number of benzene rings is 1. The number of pyridine rings is 1. The average Bonchev–Trinajstić information content (AvgIpc) is 3.21. The van der Waals surface area contributed by atoms with Crippen LogP contribution in [0, 0.1) is 5.92 Å². The van der Waals surface area contributed by atoms with Gasteiger partial charge in [-0.2, -0.15) is 13.2 Å². The number of aromatic nitrogens is 5. The molecule has 204 valence electrons. The van der Waals surface area contributed by atoms with E-state index in [1.54, 1.807) is 12.3 Å². The quantitative estimate of drug-likeness (QED) is 0.268. The van der Waals surface area contributed by atoms with Crippen LogP contribution in [0.5, 0.6) is 0 Å². The van der Waals surface area contributed by atoms with E-state index in [4.69, 9.17) is 4.98 Å². The third-order valence-electron chi connectivity index (χ3n) is 7.27. The van der Waals surface area contributed by atoms with Gasteiger partial charge >= 0.3 is 12.1 Å². The summed E-state index contributed by atoms with van der Waals surface area (Å²) in [5.41, 5.74) is 2.13. The van der Waals surface area contributed by atoms with E-state index >= 15 is 0 Å². The van der Waals surface area contributed by atoms with Gasteiger partial charge in [-0.15, -0.1) is 0 Å². The number of carboxylic acid groups (broad SMARTS) is 1. The van der Waals surface area contributed by atoms with Crippen molar-refractivity contribution in [2.24, 2.45) is 5.92 Å². The molecule has 0 bridgehead atoms. The number of carbonyl (C=O) groups is 1. The van der Waals surface area contributed by atoms with Gasteiger partial charge in [0.25, 0.3) is 0 Å². The predicted octanol–water partition coefficient (Wildman–Crippen LogP) is 6.38. The van der Waals surface area contributed by atoms with Gasteiger partial charge < -0.3 is 15.0 Å². The summed E-state index contributed by atoms with van der Waals surface area (Å²) in [6.07, 6.45) is 0.523. The number of anilines is 1. The van der Waals surface area contributed by atoms with E-state index in [1.807, 2.05) is 31.4 Å². The lowest BCUT2D eigenvalue weighted by Crippen LogP contribution is -2.31. The van der Waals surface area contributed by atoms with E-state index in [-0.39, 0.29) is 30.0 Å². The van der Waals surface area contributed by atoms with Crippen LogP contribution in [0.1, 0.15) is 73.4 Å². The number of fused-ring (bicyclic) bond motifs is 1. The first-order chi connectivity index (χ1) is 18.5. The molecule has 3 aromatic heterocycles. The lowest BCUT2D eigenvalue weighted by molar-refractivity contribution is -0.137. The van der Waals surface area contributed by atoms with E-state index < -0.39 is 17.7 Å². The summed E-state index contributed by atoms with van der Waals surface area (Å²) >= 11 is 0. The topological polar surface area (TPSA) is 106 Å². The van der Waals surface area contributed by atoms with Crippen molar-refractivity contribution in [3.05, 3.63) is 65.2 Å². The van der Waals surface area contributed by atoms with Crippen molar-refractivity contribution < 1.29 is 23.1 Å². The minimum atomic E-state index is -4.44. The first kappa shape index (κ1) is 26.6. The lowest BCUT2D eigenvalue weighted by atomic mass is 9.80. The Morgan fingerprint density at radius 2 is 1.82 bits per heavy atom. The zero-order valence-electron chi connectivity index (χ0n) is 21.8. The van der Waals surface area contributed by atoms with Gasteiger partial charge in [0.1, 0.15) is 11.3 Å². The minimum absolute atomic E-state index is 0.0323. The maximum absolute atomic E-state index is 13.2. The molecule has 3 heterocycles. The molecule has 1 unspecified atom stereocenters. The molecule has 0 spiro atoms. The lowest BCUT2D eigenvalue weighted by Gasteiger charge is -2.32. The minimum Gasteiger partial charge on any atom is -0.475 e. The fraction of sp³-hybridized carbons (Fsp3) is 0.393. The van der Waals surface area contributed by atoms with Crippen LogP contribution in [0.25, 0.3) is 22.6 Å². The number of nitrogens with zero attached hydrogens (tertiary/aromatic N) is 5. The smallest absolute Gasteiger partial charge is 0.416 e. The number of hydrogen-bond acceptors (Lipinski definition) is 6. The van der Waals surface area contributed by atoms with Crippen molar-refractivity contribution in [1.29, 1.82) is 0 Å². The molecule has 4 aromatic rings. The summed E-state index contributed by atoms with van der Waals surface area (Å²) in [4.78, 5) is 29.6. The van der Waals surface area contributed by atoms with Crippen molar-refractivity contribution in [2.45, 2.75) is 64.7 Å². The van der Waals surface area contributed by atoms with Gasteiger partial charge in [0, 0.05) is 30.0 Å². The standard InChI is InChI=1S/C28H29F3N6O2/c1-15(2)21-13-19(11-12-32-21)26-36-24-22(37(26)14-17-7-9-20(10-8-17)28(29,30)31)23(34-25(35-24)27(38)39)33-16(3)18-5-4-6-18/h7-13,15-16,18H,4-6,14H2,1-3H3,(H,38,39)(H,33,34,35). The van der Waals surface area contributed by atoms with E-state index in [0.717, 1.165) is 42.7 Å². The van der Waals surface area contributed by atoms with E-state index in [9.17, 15) is 23.1 Å². The highest BCUT2D eigenvalue weighted by Crippen LogP contribution is 2.35. The Labute approximate surface area is 223 Å². The molecule has 1 aromatic carbocycles. The Balaban J connectivity index is 1.69. The summed E-state index contributed by atoms with van der Waals surface area (Å²) in [5.74, 6) is -0.249. The number of rotatable bonds is 8. The van der Waals surface area contributed by atoms with Crippen LogP contribution in [0.4, 0.5) is 19.0 Å².